The molecule has 2 rings (SSSR count). The van der Waals surface area contributed by atoms with Crippen LogP contribution in [0.2, 0.25) is 0 Å². The average molecular weight is 326 g/mol. The van der Waals surface area contributed by atoms with Gasteiger partial charge in [-0.2, -0.15) is 5.26 Å². The molecule has 0 unspecified atom stereocenters. The minimum Gasteiger partial charge on any atom is -0.341 e. The van der Waals surface area contributed by atoms with Gasteiger partial charge in [0.15, 0.2) is 6.19 Å². The van der Waals surface area contributed by atoms with Crippen LogP contribution in [0, 0.1) is 17.3 Å². The molecule has 1 aliphatic rings. The first-order chi connectivity index (χ1) is 9.11. The molecule has 19 heavy (non-hydrogen) atoms. The van der Waals surface area contributed by atoms with Crippen LogP contribution in [0.4, 0.5) is 10.1 Å². The van der Waals surface area contributed by atoms with E-state index in [2.05, 4.69) is 22.1 Å². The molecule has 1 amide bonds. The smallest absolute Gasteiger partial charge is 0.222 e. The molecule has 0 saturated carbocycles. The van der Waals surface area contributed by atoms with E-state index in [4.69, 9.17) is 5.26 Å². The molecule has 6 heteroatoms. The van der Waals surface area contributed by atoms with Gasteiger partial charge in [0.1, 0.15) is 5.82 Å². The third-order valence-electron chi connectivity index (χ3n) is 3.10. The Hall–Kier alpha value is -1.61. The number of rotatable bonds is 4. The molecular formula is C13H13BrFN3O. The summed E-state index contributed by atoms with van der Waals surface area (Å²) in [4.78, 5) is 14.7. The van der Waals surface area contributed by atoms with E-state index in [1.165, 1.54) is 11.0 Å². The van der Waals surface area contributed by atoms with Crippen LogP contribution in [0.15, 0.2) is 22.7 Å². The molecule has 1 saturated heterocycles. The van der Waals surface area contributed by atoms with E-state index in [0.717, 1.165) is 13.0 Å². The molecule has 1 aliphatic heterocycles. The van der Waals surface area contributed by atoms with E-state index >= 15 is 0 Å². The van der Waals surface area contributed by atoms with Gasteiger partial charge in [0.05, 0.1) is 16.7 Å². The van der Waals surface area contributed by atoms with Crippen LogP contribution >= 0.6 is 15.9 Å². The van der Waals surface area contributed by atoms with Crippen molar-refractivity contribution in [2.75, 3.05) is 24.5 Å². The summed E-state index contributed by atoms with van der Waals surface area (Å²) in [6.45, 7) is 1.69. The number of nitrogens with zero attached hydrogens (tertiary/aromatic N) is 3. The fourth-order valence-electron chi connectivity index (χ4n) is 2.05. The standard InChI is InChI=1S/C13H13BrFN3O/c14-11-8-10(3-4-12(11)15)18(9-16)7-6-17-5-1-2-13(17)19/h3-4,8H,1-2,5-7H2. The van der Waals surface area contributed by atoms with E-state index in [1.807, 2.05) is 0 Å². The number of amides is 1. The van der Waals surface area contributed by atoms with Crippen molar-refractivity contribution in [1.82, 2.24) is 4.90 Å². The highest BCUT2D eigenvalue weighted by molar-refractivity contribution is 9.10. The summed E-state index contributed by atoms with van der Waals surface area (Å²) in [5.41, 5.74) is 0.613. The van der Waals surface area contributed by atoms with Crippen LogP contribution in [0.3, 0.4) is 0 Å². The van der Waals surface area contributed by atoms with Crippen molar-refractivity contribution in [2.24, 2.45) is 0 Å². The van der Waals surface area contributed by atoms with Gasteiger partial charge in [-0.25, -0.2) is 4.39 Å². The Labute approximate surface area is 119 Å². The van der Waals surface area contributed by atoms with E-state index in [0.29, 0.717) is 29.7 Å². The summed E-state index contributed by atoms with van der Waals surface area (Å²) < 4.78 is 13.5. The van der Waals surface area contributed by atoms with Crippen molar-refractivity contribution in [3.05, 3.63) is 28.5 Å². The predicted molar refractivity (Wildman–Crippen MR) is 72.9 cm³/mol. The molecule has 0 aromatic heterocycles. The molecule has 1 heterocycles. The number of anilines is 1. The van der Waals surface area contributed by atoms with Crippen molar-refractivity contribution in [1.29, 1.82) is 5.26 Å². The van der Waals surface area contributed by atoms with Crippen LogP contribution in [-0.2, 0) is 4.79 Å². The summed E-state index contributed by atoms with van der Waals surface area (Å²) in [5, 5.41) is 9.14. The van der Waals surface area contributed by atoms with Gasteiger partial charge in [-0.15, -0.1) is 0 Å². The number of carbonyl (C=O) groups excluding carboxylic acids is 1. The van der Waals surface area contributed by atoms with Crippen LogP contribution in [0.5, 0.6) is 0 Å². The van der Waals surface area contributed by atoms with Crippen molar-refractivity contribution in [3.63, 3.8) is 0 Å². The van der Waals surface area contributed by atoms with Gasteiger partial charge in [-0.1, -0.05) is 0 Å². The van der Waals surface area contributed by atoms with Gasteiger partial charge >= 0.3 is 0 Å². The lowest BCUT2D eigenvalue weighted by Gasteiger charge is -2.21. The second-order valence-corrected chi connectivity index (χ2v) is 5.19. The fourth-order valence-corrected chi connectivity index (χ4v) is 2.42. The highest BCUT2D eigenvalue weighted by atomic mass is 79.9. The third kappa shape index (κ3) is 3.24. The maximum absolute atomic E-state index is 13.1. The Balaban J connectivity index is 2.02. The lowest BCUT2D eigenvalue weighted by Crippen LogP contribution is -2.33. The fraction of sp³-hybridized carbons (Fsp3) is 0.385. The number of hydrogen-bond donors (Lipinski definition) is 0. The van der Waals surface area contributed by atoms with Crippen molar-refractivity contribution in [3.8, 4) is 6.19 Å². The second-order valence-electron chi connectivity index (χ2n) is 4.33. The highest BCUT2D eigenvalue weighted by Crippen LogP contribution is 2.23. The predicted octanol–water partition coefficient (Wildman–Crippen LogP) is 2.50. The van der Waals surface area contributed by atoms with Gasteiger partial charge < -0.3 is 4.90 Å². The minimum atomic E-state index is -0.364. The van der Waals surface area contributed by atoms with Crippen molar-refractivity contribution < 1.29 is 9.18 Å². The first-order valence-corrected chi connectivity index (χ1v) is 6.81. The molecule has 0 N–H and O–H groups in total. The summed E-state index contributed by atoms with van der Waals surface area (Å²) in [7, 11) is 0. The molecule has 0 atom stereocenters. The van der Waals surface area contributed by atoms with E-state index in [-0.39, 0.29) is 11.7 Å². The van der Waals surface area contributed by atoms with E-state index < -0.39 is 0 Å². The maximum Gasteiger partial charge on any atom is 0.222 e. The zero-order valence-corrected chi connectivity index (χ0v) is 11.9. The Morgan fingerprint density at radius 3 is 2.89 bits per heavy atom. The number of benzene rings is 1. The molecule has 0 radical (unpaired) electrons. The number of hydrogen-bond acceptors (Lipinski definition) is 3. The quantitative estimate of drug-likeness (QED) is 0.631. The average Bonchev–Trinajstić information content (AvgIpc) is 2.80. The third-order valence-corrected chi connectivity index (χ3v) is 3.71. The number of carbonyl (C=O) groups is 1. The molecule has 100 valence electrons. The molecule has 0 bridgehead atoms. The topological polar surface area (TPSA) is 47.3 Å². The zero-order chi connectivity index (χ0) is 13.8. The Morgan fingerprint density at radius 2 is 2.32 bits per heavy atom. The normalized spacial score (nSPS) is 14.6. The van der Waals surface area contributed by atoms with E-state index in [1.54, 1.807) is 17.0 Å². The monoisotopic (exact) mass is 325 g/mol. The molecule has 0 spiro atoms. The molecule has 1 aromatic carbocycles. The molecular weight excluding hydrogens is 313 g/mol. The summed E-state index contributed by atoms with van der Waals surface area (Å²) >= 11 is 3.09. The zero-order valence-electron chi connectivity index (χ0n) is 10.3. The maximum atomic E-state index is 13.1. The van der Waals surface area contributed by atoms with Gasteiger partial charge in [-0.3, -0.25) is 9.69 Å². The van der Waals surface area contributed by atoms with Crippen LogP contribution in [-0.4, -0.2) is 30.4 Å². The van der Waals surface area contributed by atoms with Crippen LogP contribution < -0.4 is 4.90 Å². The summed E-state index contributed by atoms with van der Waals surface area (Å²) in [6.07, 6.45) is 3.53. The Bertz CT molecular complexity index is 529. The van der Waals surface area contributed by atoms with Crippen molar-refractivity contribution in [2.45, 2.75) is 12.8 Å². The van der Waals surface area contributed by atoms with E-state index in [9.17, 15) is 9.18 Å². The molecule has 0 aliphatic carbocycles. The first kappa shape index (κ1) is 13.8. The lowest BCUT2D eigenvalue weighted by molar-refractivity contribution is -0.127. The number of nitriles is 1. The Kier molecular flexibility index (Phi) is 4.38. The molecule has 4 nitrogen and oxygen atoms in total. The van der Waals surface area contributed by atoms with Crippen molar-refractivity contribution >= 4 is 27.5 Å². The largest absolute Gasteiger partial charge is 0.341 e. The SMILES string of the molecule is N#CN(CCN1CCCC1=O)c1ccc(F)c(Br)c1. The minimum absolute atomic E-state index is 0.137. The van der Waals surface area contributed by atoms with Gasteiger partial charge in [0.2, 0.25) is 5.91 Å². The first-order valence-electron chi connectivity index (χ1n) is 6.02. The highest BCUT2D eigenvalue weighted by Gasteiger charge is 2.20. The second kappa shape index (κ2) is 6.02. The molecule has 1 aromatic rings. The summed E-state index contributed by atoms with van der Waals surface area (Å²) in [5.74, 6) is -0.227. The van der Waals surface area contributed by atoms with Crippen LogP contribution in [0.1, 0.15) is 12.8 Å². The van der Waals surface area contributed by atoms with Gasteiger partial charge in [-0.05, 0) is 40.5 Å². The van der Waals surface area contributed by atoms with Crippen LogP contribution in [0.25, 0.3) is 0 Å². The van der Waals surface area contributed by atoms with Gasteiger partial charge in [0.25, 0.3) is 0 Å². The number of halogens is 2. The molecule has 1 fully saturated rings. The van der Waals surface area contributed by atoms with Gasteiger partial charge in [0, 0.05) is 19.5 Å². The summed E-state index contributed by atoms with van der Waals surface area (Å²) in [6, 6.07) is 4.42. The lowest BCUT2D eigenvalue weighted by atomic mass is 10.3. The Morgan fingerprint density at radius 1 is 1.53 bits per heavy atom. The number of likely N-dealkylation sites (tertiary alicyclic amines) is 1.